The van der Waals surface area contributed by atoms with E-state index in [0.717, 1.165) is 5.56 Å². The molecule has 0 aliphatic heterocycles. The molecule has 8 heteroatoms. The van der Waals surface area contributed by atoms with Crippen LogP contribution in [0.1, 0.15) is 17.3 Å². The van der Waals surface area contributed by atoms with Crippen LogP contribution < -0.4 is 4.72 Å². The van der Waals surface area contributed by atoms with Crippen LogP contribution in [0.15, 0.2) is 63.9 Å². The van der Waals surface area contributed by atoms with Gasteiger partial charge in [0.1, 0.15) is 0 Å². The first kappa shape index (κ1) is 17.3. The van der Waals surface area contributed by atoms with Gasteiger partial charge in [-0.25, -0.2) is 13.1 Å². The smallest absolute Gasteiger partial charge is 0.241 e. The number of aromatic nitrogens is 2. The van der Waals surface area contributed by atoms with Gasteiger partial charge in [0.05, 0.1) is 11.4 Å². The molecule has 0 spiro atoms. The van der Waals surface area contributed by atoms with Crippen LogP contribution in [0.2, 0.25) is 5.02 Å². The van der Waals surface area contributed by atoms with Crippen LogP contribution in [-0.4, -0.2) is 18.6 Å². The summed E-state index contributed by atoms with van der Waals surface area (Å²) in [5.41, 5.74) is 0.991. The molecule has 0 aliphatic carbocycles. The van der Waals surface area contributed by atoms with Crippen molar-refractivity contribution < 1.29 is 12.8 Å². The molecule has 128 valence electrons. The maximum Gasteiger partial charge on any atom is 0.241 e. The number of nitrogens with one attached hydrogen (secondary N) is 1. The average molecular weight is 376 g/mol. The fraction of sp³-hybridized carbons (Fsp3) is 0.0588. The SMILES string of the molecule is O=S(=O)(NCc1nnc(/C=C/c2ccccc2)o1)c1ccc(Cl)cc1. The highest BCUT2D eigenvalue weighted by molar-refractivity contribution is 7.89. The topological polar surface area (TPSA) is 85.1 Å². The molecule has 1 N–H and O–H groups in total. The summed E-state index contributed by atoms with van der Waals surface area (Å²) in [6.07, 6.45) is 3.49. The highest BCUT2D eigenvalue weighted by Gasteiger charge is 2.15. The van der Waals surface area contributed by atoms with Crippen molar-refractivity contribution in [3.63, 3.8) is 0 Å². The molecular weight excluding hydrogens is 362 g/mol. The summed E-state index contributed by atoms with van der Waals surface area (Å²) in [5.74, 6) is 0.467. The van der Waals surface area contributed by atoms with Crippen LogP contribution in [0.4, 0.5) is 0 Å². The van der Waals surface area contributed by atoms with E-state index in [2.05, 4.69) is 14.9 Å². The minimum absolute atomic E-state index is 0.100. The molecule has 6 nitrogen and oxygen atoms in total. The second-order valence-corrected chi connectivity index (χ2v) is 7.26. The van der Waals surface area contributed by atoms with Gasteiger partial charge < -0.3 is 4.42 Å². The molecule has 1 heterocycles. The third-order valence-corrected chi connectivity index (χ3v) is 4.91. The van der Waals surface area contributed by atoms with Crippen molar-refractivity contribution >= 4 is 33.8 Å². The molecule has 0 radical (unpaired) electrons. The molecule has 1 aromatic heterocycles. The van der Waals surface area contributed by atoms with E-state index in [1.807, 2.05) is 36.4 Å². The van der Waals surface area contributed by atoms with E-state index >= 15 is 0 Å². The minimum Gasteiger partial charge on any atom is -0.420 e. The van der Waals surface area contributed by atoms with Crippen molar-refractivity contribution in [3.05, 3.63) is 77.0 Å². The zero-order valence-corrected chi connectivity index (χ0v) is 14.5. The molecule has 3 aromatic rings. The summed E-state index contributed by atoms with van der Waals surface area (Å²) in [6, 6.07) is 15.5. The van der Waals surface area contributed by atoms with E-state index in [4.69, 9.17) is 16.0 Å². The zero-order chi connectivity index (χ0) is 17.7. The van der Waals surface area contributed by atoms with Crippen molar-refractivity contribution in [3.8, 4) is 0 Å². The summed E-state index contributed by atoms with van der Waals surface area (Å²) >= 11 is 5.76. The van der Waals surface area contributed by atoms with Gasteiger partial charge in [-0.3, -0.25) is 0 Å². The molecule has 0 bridgehead atoms. The highest BCUT2D eigenvalue weighted by Crippen LogP contribution is 2.14. The molecule has 0 atom stereocenters. The van der Waals surface area contributed by atoms with Crippen LogP contribution >= 0.6 is 11.6 Å². The Morgan fingerprint density at radius 2 is 1.72 bits per heavy atom. The van der Waals surface area contributed by atoms with Gasteiger partial charge in [-0.15, -0.1) is 10.2 Å². The lowest BCUT2D eigenvalue weighted by atomic mass is 10.2. The van der Waals surface area contributed by atoms with Gasteiger partial charge in [-0.05, 0) is 35.9 Å². The number of sulfonamides is 1. The standard InChI is InChI=1S/C17H14ClN3O3S/c18-14-7-9-15(10-8-14)25(22,23)19-12-17-21-20-16(24-17)11-6-13-4-2-1-3-5-13/h1-11,19H,12H2/b11-6+. The number of benzene rings is 2. The molecule has 0 aliphatic rings. The Labute approximate surface area is 150 Å². The lowest BCUT2D eigenvalue weighted by Crippen LogP contribution is -2.23. The van der Waals surface area contributed by atoms with E-state index in [-0.39, 0.29) is 17.3 Å². The van der Waals surface area contributed by atoms with Crippen LogP contribution in [0.25, 0.3) is 12.2 Å². The Kier molecular flexibility index (Phi) is 5.28. The second-order valence-electron chi connectivity index (χ2n) is 5.06. The summed E-state index contributed by atoms with van der Waals surface area (Å²) in [5, 5.41) is 8.15. The molecule has 3 rings (SSSR count). The number of hydrogen-bond acceptors (Lipinski definition) is 5. The molecule has 0 saturated heterocycles. The first-order chi connectivity index (χ1) is 12.0. The molecule has 0 amide bonds. The van der Waals surface area contributed by atoms with Gasteiger partial charge in [-0.1, -0.05) is 41.9 Å². The van der Waals surface area contributed by atoms with Crippen molar-refractivity contribution in [2.45, 2.75) is 11.4 Å². The second kappa shape index (κ2) is 7.60. The van der Waals surface area contributed by atoms with Gasteiger partial charge in [-0.2, -0.15) is 0 Å². The summed E-state index contributed by atoms with van der Waals surface area (Å²) in [6.45, 7) is -0.100. The van der Waals surface area contributed by atoms with Gasteiger partial charge in [0.15, 0.2) is 0 Å². The Balaban J connectivity index is 1.63. The van der Waals surface area contributed by atoms with E-state index in [0.29, 0.717) is 10.9 Å². The van der Waals surface area contributed by atoms with Crippen LogP contribution in [-0.2, 0) is 16.6 Å². The van der Waals surface area contributed by atoms with E-state index in [1.165, 1.54) is 24.3 Å². The van der Waals surface area contributed by atoms with Gasteiger partial charge in [0.25, 0.3) is 0 Å². The highest BCUT2D eigenvalue weighted by atomic mass is 35.5. The lowest BCUT2D eigenvalue weighted by Gasteiger charge is -2.04. The Bertz CT molecular complexity index is 968. The van der Waals surface area contributed by atoms with Crippen molar-refractivity contribution in [2.24, 2.45) is 0 Å². The summed E-state index contributed by atoms with van der Waals surface area (Å²) < 4.78 is 32.2. The Morgan fingerprint density at radius 1 is 1.00 bits per heavy atom. The molecule has 0 saturated carbocycles. The van der Waals surface area contributed by atoms with Crippen molar-refractivity contribution in [1.29, 1.82) is 0 Å². The lowest BCUT2D eigenvalue weighted by molar-refractivity contribution is 0.476. The first-order valence-electron chi connectivity index (χ1n) is 7.34. The van der Waals surface area contributed by atoms with Gasteiger partial charge in [0.2, 0.25) is 21.8 Å². The molecular formula is C17H14ClN3O3S. The van der Waals surface area contributed by atoms with Crippen LogP contribution in [0.3, 0.4) is 0 Å². The maximum absolute atomic E-state index is 12.2. The zero-order valence-electron chi connectivity index (χ0n) is 13.0. The monoisotopic (exact) mass is 375 g/mol. The minimum atomic E-state index is -3.68. The molecule has 2 aromatic carbocycles. The predicted octanol–water partition coefficient (Wildman–Crippen LogP) is 3.37. The number of hydrogen-bond donors (Lipinski definition) is 1. The normalized spacial score (nSPS) is 11.9. The molecule has 25 heavy (non-hydrogen) atoms. The average Bonchev–Trinajstić information content (AvgIpc) is 3.08. The fourth-order valence-corrected chi connectivity index (χ4v) is 3.09. The van der Waals surface area contributed by atoms with E-state index < -0.39 is 10.0 Å². The van der Waals surface area contributed by atoms with Crippen LogP contribution in [0.5, 0.6) is 0 Å². The third-order valence-electron chi connectivity index (χ3n) is 3.24. The first-order valence-corrected chi connectivity index (χ1v) is 9.20. The number of nitrogens with zero attached hydrogens (tertiary/aromatic N) is 2. The van der Waals surface area contributed by atoms with Crippen LogP contribution in [0, 0.1) is 0 Å². The largest absolute Gasteiger partial charge is 0.420 e. The summed E-state index contributed by atoms with van der Waals surface area (Å²) in [7, 11) is -3.68. The van der Waals surface area contributed by atoms with Gasteiger partial charge in [0, 0.05) is 11.1 Å². The fourth-order valence-electron chi connectivity index (χ4n) is 1.99. The van der Waals surface area contributed by atoms with E-state index in [9.17, 15) is 8.42 Å². The maximum atomic E-state index is 12.2. The predicted molar refractivity (Wildman–Crippen MR) is 95.1 cm³/mol. The molecule has 0 unspecified atom stereocenters. The van der Waals surface area contributed by atoms with Gasteiger partial charge >= 0.3 is 0 Å². The Morgan fingerprint density at radius 3 is 2.44 bits per heavy atom. The molecule has 0 fully saturated rings. The Hall–Kier alpha value is -2.48. The summed E-state index contributed by atoms with van der Waals surface area (Å²) in [4.78, 5) is 0.112. The van der Waals surface area contributed by atoms with E-state index in [1.54, 1.807) is 6.08 Å². The van der Waals surface area contributed by atoms with Crippen molar-refractivity contribution in [2.75, 3.05) is 0 Å². The number of rotatable bonds is 6. The number of halogens is 1. The van der Waals surface area contributed by atoms with Crippen molar-refractivity contribution in [1.82, 2.24) is 14.9 Å². The quantitative estimate of drug-likeness (QED) is 0.713. The third kappa shape index (κ3) is 4.76.